The van der Waals surface area contributed by atoms with E-state index in [9.17, 15) is 13.7 Å². The molecule has 0 aliphatic carbocycles. The van der Waals surface area contributed by atoms with Crippen LogP contribution in [0.25, 0.3) is 22.3 Å². The minimum atomic E-state index is -3.97. The van der Waals surface area contributed by atoms with E-state index in [4.69, 9.17) is 11.6 Å². The highest BCUT2D eigenvalue weighted by Crippen LogP contribution is 2.35. The van der Waals surface area contributed by atoms with Gasteiger partial charge in [-0.1, -0.05) is 29.3 Å². The average Bonchev–Trinajstić information content (AvgIpc) is 3.26. The van der Waals surface area contributed by atoms with Crippen LogP contribution in [-0.4, -0.2) is 27.2 Å². The molecule has 0 aliphatic rings. The highest BCUT2D eigenvalue weighted by molar-refractivity contribution is 7.90. The molecule has 0 aliphatic heterocycles. The molecule has 0 unspecified atom stereocenters. The zero-order chi connectivity index (χ0) is 20.1. The second kappa shape index (κ2) is 6.48. The van der Waals surface area contributed by atoms with Crippen molar-refractivity contribution in [1.82, 2.24) is 18.7 Å². The van der Waals surface area contributed by atoms with Crippen LogP contribution in [0.15, 0.2) is 53.8 Å². The summed E-state index contributed by atoms with van der Waals surface area (Å²) >= 11 is 6.35. The molecule has 3 aromatic heterocycles. The number of benzene rings is 1. The van der Waals surface area contributed by atoms with Gasteiger partial charge < -0.3 is 0 Å². The lowest BCUT2D eigenvalue weighted by molar-refractivity contribution is 0.589. The maximum Gasteiger partial charge on any atom is 0.269 e. The minimum absolute atomic E-state index is 0.128. The Bertz CT molecular complexity index is 1360. The highest BCUT2D eigenvalue weighted by atomic mass is 35.5. The standard InChI is InChI=1S/C19H14ClN5O2S/c1-12-3-5-15(6-4-12)28(26,27)25-17(14-10-23-24(2)11-14)7-16-18(20)13(8-21)9-22-19(16)25/h3-7,9-11H,1-2H3. The summed E-state index contributed by atoms with van der Waals surface area (Å²) in [6, 6.07) is 10.2. The smallest absolute Gasteiger partial charge is 0.269 e. The van der Waals surface area contributed by atoms with Gasteiger partial charge in [0.1, 0.15) is 6.07 Å². The molecule has 0 saturated heterocycles. The SMILES string of the molecule is Cc1ccc(S(=O)(=O)n2c(-c3cnn(C)c3)cc3c(Cl)c(C#N)cnc32)cc1. The van der Waals surface area contributed by atoms with Gasteiger partial charge in [-0.05, 0) is 25.1 Å². The van der Waals surface area contributed by atoms with Gasteiger partial charge in [-0.25, -0.2) is 17.4 Å². The molecule has 7 nitrogen and oxygen atoms in total. The third-order valence-electron chi connectivity index (χ3n) is 4.40. The van der Waals surface area contributed by atoms with Gasteiger partial charge in [0.2, 0.25) is 0 Å². The van der Waals surface area contributed by atoms with Crippen LogP contribution >= 0.6 is 11.6 Å². The largest absolute Gasteiger partial charge is 0.275 e. The second-order valence-electron chi connectivity index (χ2n) is 6.35. The molecule has 1 aromatic carbocycles. The number of aryl methyl sites for hydroxylation is 2. The molecular formula is C19H14ClN5O2S. The van der Waals surface area contributed by atoms with Gasteiger partial charge in [-0.2, -0.15) is 10.4 Å². The van der Waals surface area contributed by atoms with Crippen molar-refractivity contribution in [3.8, 4) is 17.3 Å². The predicted molar refractivity (Wildman–Crippen MR) is 105 cm³/mol. The first-order valence-electron chi connectivity index (χ1n) is 8.24. The van der Waals surface area contributed by atoms with Crippen LogP contribution in [0.5, 0.6) is 0 Å². The van der Waals surface area contributed by atoms with E-state index in [-0.39, 0.29) is 21.1 Å². The molecule has 0 spiro atoms. The molecule has 28 heavy (non-hydrogen) atoms. The molecule has 0 radical (unpaired) electrons. The summed E-state index contributed by atoms with van der Waals surface area (Å²) in [4.78, 5) is 4.35. The molecule has 140 valence electrons. The first-order valence-corrected chi connectivity index (χ1v) is 10.1. The quantitative estimate of drug-likeness (QED) is 0.514. The molecule has 0 amide bonds. The van der Waals surface area contributed by atoms with Crippen molar-refractivity contribution < 1.29 is 8.42 Å². The Morgan fingerprint density at radius 1 is 1.18 bits per heavy atom. The fourth-order valence-corrected chi connectivity index (χ4v) is 4.70. The maximum absolute atomic E-state index is 13.5. The van der Waals surface area contributed by atoms with Crippen LogP contribution in [0, 0.1) is 18.3 Å². The maximum atomic E-state index is 13.5. The molecule has 4 aromatic rings. The number of fused-ring (bicyclic) bond motifs is 1. The second-order valence-corrected chi connectivity index (χ2v) is 8.51. The molecule has 0 atom stereocenters. The minimum Gasteiger partial charge on any atom is -0.275 e. The van der Waals surface area contributed by atoms with Crippen LogP contribution in [0.1, 0.15) is 11.1 Å². The topological polar surface area (TPSA) is 93.6 Å². The zero-order valence-corrected chi connectivity index (χ0v) is 16.5. The van der Waals surface area contributed by atoms with Gasteiger partial charge in [-0.15, -0.1) is 0 Å². The van der Waals surface area contributed by atoms with Crippen LogP contribution in [-0.2, 0) is 17.1 Å². The molecule has 9 heteroatoms. The normalized spacial score (nSPS) is 11.6. The molecule has 3 heterocycles. The summed E-state index contributed by atoms with van der Waals surface area (Å²) in [6.45, 7) is 1.88. The third kappa shape index (κ3) is 2.76. The number of aromatic nitrogens is 4. The number of hydrogen-bond acceptors (Lipinski definition) is 5. The lowest BCUT2D eigenvalue weighted by Gasteiger charge is -2.11. The van der Waals surface area contributed by atoms with Gasteiger partial charge in [0.15, 0.2) is 5.65 Å². The van der Waals surface area contributed by atoms with Crippen molar-refractivity contribution >= 4 is 32.7 Å². The molecule has 0 fully saturated rings. The molecule has 0 bridgehead atoms. The van der Waals surface area contributed by atoms with E-state index in [0.717, 1.165) is 9.54 Å². The van der Waals surface area contributed by atoms with E-state index < -0.39 is 10.0 Å². The van der Waals surface area contributed by atoms with Gasteiger partial charge in [0.25, 0.3) is 10.0 Å². The Kier molecular flexibility index (Phi) is 4.22. The fraction of sp³-hybridized carbons (Fsp3) is 0.105. The van der Waals surface area contributed by atoms with Crippen LogP contribution in [0.3, 0.4) is 0 Å². The van der Waals surface area contributed by atoms with Crippen LogP contribution in [0.2, 0.25) is 5.02 Å². The lowest BCUT2D eigenvalue weighted by Crippen LogP contribution is -2.14. The summed E-state index contributed by atoms with van der Waals surface area (Å²) in [7, 11) is -2.23. The van der Waals surface area contributed by atoms with E-state index in [2.05, 4.69) is 10.1 Å². The van der Waals surface area contributed by atoms with E-state index >= 15 is 0 Å². The Labute approximate surface area is 166 Å². The number of rotatable bonds is 3. The Hall–Kier alpha value is -3.15. The zero-order valence-electron chi connectivity index (χ0n) is 15.0. The van der Waals surface area contributed by atoms with Crippen molar-refractivity contribution in [2.24, 2.45) is 7.05 Å². The number of pyridine rings is 1. The van der Waals surface area contributed by atoms with Crippen molar-refractivity contribution in [2.45, 2.75) is 11.8 Å². The number of halogens is 1. The van der Waals surface area contributed by atoms with E-state index in [1.807, 2.05) is 13.0 Å². The third-order valence-corrected chi connectivity index (χ3v) is 6.53. The summed E-state index contributed by atoms with van der Waals surface area (Å²) in [5.41, 5.74) is 2.24. The van der Waals surface area contributed by atoms with Gasteiger partial charge in [-0.3, -0.25) is 4.68 Å². The summed E-state index contributed by atoms with van der Waals surface area (Å²) in [6.07, 6.45) is 4.54. The van der Waals surface area contributed by atoms with Crippen LogP contribution in [0.4, 0.5) is 0 Å². The first-order chi connectivity index (χ1) is 13.3. The molecule has 0 saturated carbocycles. The van der Waals surface area contributed by atoms with Crippen molar-refractivity contribution in [2.75, 3.05) is 0 Å². The van der Waals surface area contributed by atoms with E-state index in [1.54, 1.807) is 54.5 Å². The van der Waals surface area contributed by atoms with E-state index in [0.29, 0.717) is 16.6 Å². The highest BCUT2D eigenvalue weighted by Gasteiger charge is 2.27. The Balaban J connectivity index is 2.10. The number of hydrogen-bond donors (Lipinski definition) is 0. The lowest BCUT2D eigenvalue weighted by atomic mass is 10.2. The molecular weight excluding hydrogens is 398 g/mol. The van der Waals surface area contributed by atoms with Gasteiger partial charge in [0.05, 0.1) is 27.4 Å². The van der Waals surface area contributed by atoms with Gasteiger partial charge in [0, 0.05) is 30.4 Å². The number of nitriles is 1. The summed E-state index contributed by atoms with van der Waals surface area (Å²) in [5.74, 6) is 0. The average molecular weight is 412 g/mol. The monoisotopic (exact) mass is 411 g/mol. The Morgan fingerprint density at radius 2 is 1.89 bits per heavy atom. The van der Waals surface area contributed by atoms with E-state index in [1.165, 1.54) is 6.20 Å². The predicted octanol–water partition coefficient (Wildman–Crippen LogP) is 3.51. The Morgan fingerprint density at radius 3 is 2.50 bits per heavy atom. The summed E-state index contributed by atoms with van der Waals surface area (Å²) < 4.78 is 29.7. The number of nitrogens with zero attached hydrogens (tertiary/aromatic N) is 5. The van der Waals surface area contributed by atoms with Gasteiger partial charge >= 0.3 is 0 Å². The van der Waals surface area contributed by atoms with Crippen LogP contribution < -0.4 is 0 Å². The van der Waals surface area contributed by atoms with Crippen molar-refractivity contribution in [3.63, 3.8) is 0 Å². The fourth-order valence-electron chi connectivity index (χ4n) is 2.99. The molecule has 0 N–H and O–H groups in total. The first kappa shape index (κ1) is 18.2. The van der Waals surface area contributed by atoms with Crippen molar-refractivity contribution in [3.05, 3.63) is 65.1 Å². The van der Waals surface area contributed by atoms with Crippen molar-refractivity contribution in [1.29, 1.82) is 5.26 Å². The molecule has 4 rings (SSSR count). The summed E-state index contributed by atoms with van der Waals surface area (Å²) in [5, 5.41) is 13.9.